The third-order valence-corrected chi connectivity index (χ3v) is 4.79. The lowest BCUT2D eigenvalue weighted by Gasteiger charge is -2.26. The quantitative estimate of drug-likeness (QED) is 0.601. The Hall–Kier alpha value is -2.93. The summed E-state index contributed by atoms with van der Waals surface area (Å²) in [6.07, 6.45) is 1.48. The molecule has 6 nitrogen and oxygen atoms in total. The minimum atomic E-state index is -0.755. The first kappa shape index (κ1) is 18.8. The van der Waals surface area contributed by atoms with Gasteiger partial charge in [0.1, 0.15) is 5.57 Å². The molecule has 7 heteroatoms. The van der Waals surface area contributed by atoms with Crippen LogP contribution >= 0.6 is 15.9 Å². The van der Waals surface area contributed by atoms with Crippen LogP contribution in [0.1, 0.15) is 11.1 Å². The number of amides is 4. The summed E-state index contributed by atoms with van der Waals surface area (Å²) < 4.78 is 0.831. The number of carbonyl (C=O) groups excluding carboxylic acids is 3. The highest BCUT2D eigenvalue weighted by atomic mass is 79.9. The molecule has 0 atom stereocenters. The van der Waals surface area contributed by atoms with E-state index in [0.29, 0.717) is 11.3 Å². The van der Waals surface area contributed by atoms with Crippen molar-refractivity contribution in [2.45, 2.75) is 6.92 Å². The summed E-state index contributed by atoms with van der Waals surface area (Å²) in [5.41, 5.74) is 2.95. The smallest absolute Gasteiger partial charge is 0.335 e. The van der Waals surface area contributed by atoms with Gasteiger partial charge in [-0.15, -0.1) is 0 Å². The van der Waals surface area contributed by atoms with Gasteiger partial charge in [0.25, 0.3) is 11.8 Å². The first-order chi connectivity index (χ1) is 12.8. The molecule has 0 aliphatic carbocycles. The van der Waals surface area contributed by atoms with Gasteiger partial charge in [-0.1, -0.05) is 23.8 Å². The lowest BCUT2D eigenvalue weighted by atomic mass is 10.1. The van der Waals surface area contributed by atoms with Crippen molar-refractivity contribution in [1.82, 2.24) is 5.32 Å². The number of hydrogen-bond donors (Lipinski definition) is 1. The van der Waals surface area contributed by atoms with E-state index in [1.165, 1.54) is 6.08 Å². The molecule has 2 aromatic rings. The van der Waals surface area contributed by atoms with E-state index in [4.69, 9.17) is 0 Å². The van der Waals surface area contributed by atoms with Crippen LogP contribution in [0.4, 0.5) is 16.2 Å². The lowest BCUT2D eigenvalue weighted by Crippen LogP contribution is -2.54. The van der Waals surface area contributed by atoms with E-state index >= 15 is 0 Å². The molecule has 0 unspecified atom stereocenters. The zero-order valence-electron chi connectivity index (χ0n) is 15.1. The number of anilines is 2. The summed E-state index contributed by atoms with van der Waals surface area (Å²) in [5, 5.41) is 2.23. The van der Waals surface area contributed by atoms with Crippen molar-refractivity contribution in [3.8, 4) is 0 Å². The number of nitrogens with zero attached hydrogens (tertiary/aromatic N) is 2. The molecule has 1 heterocycles. The summed E-state index contributed by atoms with van der Waals surface area (Å²) in [7, 11) is 3.84. The van der Waals surface area contributed by atoms with Crippen LogP contribution < -0.4 is 15.1 Å². The van der Waals surface area contributed by atoms with Gasteiger partial charge in [-0.25, -0.2) is 9.69 Å². The largest absolute Gasteiger partial charge is 0.377 e. The van der Waals surface area contributed by atoms with Gasteiger partial charge in [-0.2, -0.15) is 0 Å². The average molecular weight is 428 g/mol. The van der Waals surface area contributed by atoms with Crippen molar-refractivity contribution in [3.63, 3.8) is 0 Å². The van der Waals surface area contributed by atoms with Crippen molar-refractivity contribution in [2.75, 3.05) is 23.9 Å². The van der Waals surface area contributed by atoms with Crippen molar-refractivity contribution < 1.29 is 14.4 Å². The predicted molar refractivity (Wildman–Crippen MR) is 109 cm³/mol. The molecule has 0 aromatic heterocycles. The number of imide groups is 2. The number of benzene rings is 2. The van der Waals surface area contributed by atoms with E-state index in [1.807, 2.05) is 38.1 Å². The normalized spacial score (nSPS) is 15.9. The minimum Gasteiger partial charge on any atom is -0.377 e. The number of rotatable bonds is 3. The molecule has 1 fully saturated rings. The average Bonchev–Trinajstić information content (AvgIpc) is 2.60. The molecule has 27 heavy (non-hydrogen) atoms. The van der Waals surface area contributed by atoms with Gasteiger partial charge in [-0.3, -0.25) is 14.9 Å². The molecule has 1 N–H and O–H groups in total. The summed E-state index contributed by atoms with van der Waals surface area (Å²) >= 11 is 3.49. The topological polar surface area (TPSA) is 69.7 Å². The molecule has 2 aromatic carbocycles. The summed E-state index contributed by atoms with van der Waals surface area (Å²) in [6.45, 7) is 1.91. The molecule has 138 valence electrons. The SMILES string of the molecule is Cc1ccc(N2C(=O)NC(=O)/C(=C\c3ccc(N(C)C)c(Br)c3)C2=O)cc1. The Bertz CT molecular complexity index is 965. The third-order valence-electron chi connectivity index (χ3n) is 4.16. The highest BCUT2D eigenvalue weighted by Gasteiger charge is 2.36. The van der Waals surface area contributed by atoms with Crippen LogP contribution in [0, 0.1) is 6.92 Å². The minimum absolute atomic E-state index is 0.0975. The summed E-state index contributed by atoms with van der Waals surface area (Å²) in [4.78, 5) is 40.2. The first-order valence-corrected chi connectivity index (χ1v) is 9.02. The number of barbiturate groups is 1. The third kappa shape index (κ3) is 3.78. The second-order valence-corrected chi connectivity index (χ2v) is 7.25. The van der Waals surface area contributed by atoms with Crippen molar-refractivity contribution in [1.29, 1.82) is 0 Å². The fourth-order valence-corrected chi connectivity index (χ4v) is 3.48. The molecule has 1 aliphatic heterocycles. The molecular formula is C20H18BrN3O3. The van der Waals surface area contributed by atoms with Crippen LogP contribution in [0.25, 0.3) is 6.08 Å². The summed E-state index contributed by atoms with van der Waals surface area (Å²) in [5.74, 6) is -1.36. The molecule has 1 saturated heterocycles. The van der Waals surface area contributed by atoms with Crippen LogP contribution in [-0.2, 0) is 9.59 Å². The van der Waals surface area contributed by atoms with Gasteiger partial charge in [-0.05, 0) is 58.8 Å². The van der Waals surface area contributed by atoms with E-state index in [2.05, 4.69) is 21.2 Å². The fraction of sp³-hybridized carbons (Fsp3) is 0.150. The molecule has 0 radical (unpaired) electrons. The van der Waals surface area contributed by atoms with Crippen LogP contribution in [0.3, 0.4) is 0 Å². The number of halogens is 1. The Labute approximate surface area is 165 Å². The Balaban J connectivity index is 1.99. The molecular weight excluding hydrogens is 410 g/mol. The van der Waals surface area contributed by atoms with Crippen LogP contribution in [0.5, 0.6) is 0 Å². The van der Waals surface area contributed by atoms with E-state index < -0.39 is 17.8 Å². The number of carbonyl (C=O) groups is 3. The highest BCUT2D eigenvalue weighted by Crippen LogP contribution is 2.28. The predicted octanol–water partition coefficient (Wildman–Crippen LogP) is 3.49. The number of hydrogen-bond acceptors (Lipinski definition) is 4. The first-order valence-electron chi connectivity index (χ1n) is 8.23. The molecule has 0 spiro atoms. The van der Waals surface area contributed by atoms with E-state index in [0.717, 1.165) is 20.6 Å². The molecule has 0 bridgehead atoms. The molecule has 3 rings (SSSR count). The van der Waals surface area contributed by atoms with Gasteiger partial charge in [0.15, 0.2) is 0 Å². The number of aryl methyl sites for hydroxylation is 1. The second-order valence-electron chi connectivity index (χ2n) is 6.40. The summed E-state index contributed by atoms with van der Waals surface area (Å²) in [6, 6.07) is 11.7. The maximum atomic E-state index is 12.9. The van der Waals surface area contributed by atoms with Crippen molar-refractivity contribution in [2.24, 2.45) is 0 Å². The molecule has 4 amide bonds. The monoisotopic (exact) mass is 427 g/mol. The van der Waals surface area contributed by atoms with E-state index in [1.54, 1.807) is 30.3 Å². The van der Waals surface area contributed by atoms with Crippen LogP contribution in [0.2, 0.25) is 0 Å². The maximum absolute atomic E-state index is 12.9. The Morgan fingerprint density at radius 1 is 1.04 bits per heavy atom. The number of nitrogens with one attached hydrogen (secondary N) is 1. The second kappa shape index (κ2) is 7.36. The maximum Gasteiger partial charge on any atom is 0.335 e. The van der Waals surface area contributed by atoms with Gasteiger partial charge in [0.05, 0.1) is 11.4 Å². The Morgan fingerprint density at radius 2 is 1.70 bits per heavy atom. The zero-order valence-corrected chi connectivity index (χ0v) is 16.7. The van der Waals surface area contributed by atoms with Gasteiger partial charge >= 0.3 is 6.03 Å². The van der Waals surface area contributed by atoms with Crippen LogP contribution in [-0.4, -0.2) is 31.9 Å². The van der Waals surface area contributed by atoms with E-state index in [-0.39, 0.29) is 5.57 Å². The fourth-order valence-electron chi connectivity index (χ4n) is 2.73. The molecule has 0 saturated carbocycles. The Morgan fingerprint density at radius 3 is 2.30 bits per heavy atom. The number of urea groups is 1. The van der Waals surface area contributed by atoms with Crippen molar-refractivity contribution >= 4 is 51.2 Å². The zero-order chi connectivity index (χ0) is 19.7. The standard InChI is InChI=1S/C20H18BrN3O3/c1-12-4-7-14(8-5-12)24-19(26)15(18(25)22-20(24)27)10-13-6-9-17(23(2)3)16(21)11-13/h4-11H,1-3H3,(H,22,25,27)/b15-10+. The van der Waals surface area contributed by atoms with Gasteiger partial charge in [0, 0.05) is 18.6 Å². The highest BCUT2D eigenvalue weighted by molar-refractivity contribution is 9.10. The molecule has 1 aliphatic rings. The van der Waals surface area contributed by atoms with E-state index in [9.17, 15) is 14.4 Å². The lowest BCUT2D eigenvalue weighted by molar-refractivity contribution is -0.122. The van der Waals surface area contributed by atoms with Gasteiger partial charge < -0.3 is 4.90 Å². The van der Waals surface area contributed by atoms with Crippen molar-refractivity contribution in [3.05, 3.63) is 63.6 Å². The Kier molecular flexibility index (Phi) is 5.14. The van der Waals surface area contributed by atoms with Gasteiger partial charge in [0.2, 0.25) is 0 Å². The van der Waals surface area contributed by atoms with Crippen LogP contribution in [0.15, 0.2) is 52.5 Å².